The Morgan fingerprint density at radius 1 is 1.80 bits per heavy atom. The van der Waals surface area contributed by atoms with Crippen molar-refractivity contribution < 1.29 is 9.53 Å². The average Bonchev–Trinajstić information content (AvgIpc) is 2.30. The van der Waals surface area contributed by atoms with Gasteiger partial charge in [-0.05, 0) is 12.8 Å². The maximum Gasteiger partial charge on any atom is 0.309 e. The third-order valence-corrected chi connectivity index (χ3v) is 2.17. The van der Waals surface area contributed by atoms with Crippen LogP contribution in [-0.2, 0) is 9.53 Å². The van der Waals surface area contributed by atoms with Crippen LogP contribution in [0.25, 0.3) is 0 Å². The minimum absolute atomic E-state index is 0.0286. The van der Waals surface area contributed by atoms with Crippen molar-refractivity contribution in [3.63, 3.8) is 0 Å². The van der Waals surface area contributed by atoms with E-state index in [4.69, 9.17) is 16.3 Å². The van der Waals surface area contributed by atoms with E-state index in [2.05, 4.69) is 0 Å². The summed E-state index contributed by atoms with van der Waals surface area (Å²) in [5.41, 5.74) is 0. The first-order valence-corrected chi connectivity index (χ1v) is 4.07. The van der Waals surface area contributed by atoms with Gasteiger partial charge in [0.1, 0.15) is 6.10 Å². The Morgan fingerprint density at radius 2 is 2.50 bits per heavy atom. The zero-order valence-corrected chi connectivity index (χ0v) is 6.73. The molecule has 0 aliphatic carbocycles. The molecular formula is C7H11ClO2. The van der Waals surface area contributed by atoms with Gasteiger partial charge in [0.05, 0.1) is 11.8 Å². The third-order valence-electron chi connectivity index (χ3n) is 1.83. The highest BCUT2D eigenvalue weighted by molar-refractivity contribution is 6.18. The maximum absolute atomic E-state index is 10.9. The number of rotatable bonds is 2. The molecule has 3 heteroatoms. The Hall–Kier alpha value is -0.240. The van der Waals surface area contributed by atoms with Crippen LogP contribution in [-0.4, -0.2) is 18.0 Å². The molecule has 0 radical (unpaired) electrons. The van der Waals surface area contributed by atoms with Crippen LogP contribution in [0, 0.1) is 5.92 Å². The van der Waals surface area contributed by atoms with Crippen molar-refractivity contribution in [2.45, 2.75) is 25.9 Å². The number of ether oxygens (including phenoxy) is 1. The molecule has 1 aliphatic rings. The lowest BCUT2D eigenvalue weighted by molar-refractivity contribution is -0.143. The molecule has 10 heavy (non-hydrogen) atoms. The number of carbonyl (C=O) groups excluding carboxylic acids is 1. The van der Waals surface area contributed by atoms with Gasteiger partial charge in [-0.15, -0.1) is 11.6 Å². The first-order valence-electron chi connectivity index (χ1n) is 3.54. The molecule has 0 saturated carbocycles. The fraction of sp³-hybridized carbons (Fsp3) is 0.857. The highest BCUT2D eigenvalue weighted by atomic mass is 35.5. The summed E-state index contributed by atoms with van der Waals surface area (Å²) in [5.74, 6) is 0.458. The zero-order chi connectivity index (χ0) is 7.56. The first kappa shape index (κ1) is 7.86. The number of alkyl halides is 1. The molecule has 1 rings (SSSR count). The topological polar surface area (TPSA) is 26.3 Å². The minimum Gasteiger partial charge on any atom is -0.461 e. The number of esters is 1. The molecule has 1 unspecified atom stereocenters. The molecule has 1 fully saturated rings. The van der Waals surface area contributed by atoms with E-state index < -0.39 is 0 Å². The lowest BCUT2D eigenvalue weighted by Crippen LogP contribution is -2.07. The van der Waals surface area contributed by atoms with Gasteiger partial charge < -0.3 is 4.74 Å². The molecule has 0 aromatic carbocycles. The van der Waals surface area contributed by atoms with Gasteiger partial charge in [0, 0.05) is 0 Å². The summed E-state index contributed by atoms with van der Waals surface area (Å²) in [4.78, 5) is 10.9. The molecule has 58 valence electrons. The minimum atomic E-state index is -0.0758. The average molecular weight is 163 g/mol. The fourth-order valence-electron chi connectivity index (χ4n) is 1.15. The van der Waals surface area contributed by atoms with E-state index in [1.54, 1.807) is 0 Å². The Morgan fingerprint density at radius 3 is 2.80 bits per heavy atom. The molecule has 0 N–H and O–H groups in total. The Bertz CT molecular complexity index is 136. The van der Waals surface area contributed by atoms with E-state index in [0.717, 1.165) is 12.8 Å². The van der Waals surface area contributed by atoms with Gasteiger partial charge in [-0.1, -0.05) is 6.92 Å². The molecule has 0 aromatic heterocycles. The van der Waals surface area contributed by atoms with Crippen LogP contribution in [0.4, 0.5) is 0 Å². The number of cyclic esters (lactones) is 1. The second-order valence-corrected chi connectivity index (χ2v) is 2.86. The van der Waals surface area contributed by atoms with E-state index in [1.807, 2.05) is 6.92 Å². The fourth-order valence-corrected chi connectivity index (χ4v) is 1.34. The second-order valence-electron chi connectivity index (χ2n) is 2.55. The predicted molar refractivity (Wildman–Crippen MR) is 39.0 cm³/mol. The van der Waals surface area contributed by atoms with Crippen molar-refractivity contribution in [2.75, 3.05) is 5.88 Å². The molecule has 1 aliphatic heterocycles. The normalized spacial score (nSPS) is 32.4. The summed E-state index contributed by atoms with van der Waals surface area (Å²) in [6.07, 6.45) is 1.64. The first-order chi connectivity index (χ1) is 4.77. The van der Waals surface area contributed by atoms with Crippen molar-refractivity contribution in [1.29, 1.82) is 0 Å². The van der Waals surface area contributed by atoms with Crippen LogP contribution >= 0.6 is 11.6 Å². The van der Waals surface area contributed by atoms with Gasteiger partial charge in [0.2, 0.25) is 0 Å². The number of hydrogen-bond donors (Lipinski definition) is 0. The zero-order valence-electron chi connectivity index (χ0n) is 5.97. The number of halogens is 1. The van der Waals surface area contributed by atoms with Crippen molar-refractivity contribution in [3.8, 4) is 0 Å². The lowest BCUT2D eigenvalue weighted by atomic mass is 10.0. The largest absolute Gasteiger partial charge is 0.461 e. The van der Waals surface area contributed by atoms with Gasteiger partial charge in [-0.2, -0.15) is 0 Å². The molecule has 1 saturated heterocycles. The number of carbonyl (C=O) groups is 1. The molecule has 0 bridgehead atoms. The van der Waals surface area contributed by atoms with Gasteiger partial charge in [-0.3, -0.25) is 4.79 Å². The Labute approximate surface area is 65.5 Å². The molecule has 1 heterocycles. The van der Waals surface area contributed by atoms with E-state index in [0.29, 0.717) is 5.88 Å². The Kier molecular flexibility index (Phi) is 2.55. The Balaban J connectivity index is 2.44. The maximum atomic E-state index is 10.9. The quantitative estimate of drug-likeness (QED) is 0.455. The summed E-state index contributed by atoms with van der Waals surface area (Å²) in [6, 6.07) is 0. The van der Waals surface area contributed by atoms with E-state index in [-0.39, 0.29) is 18.0 Å². The molecule has 0 amide bonds. The van der Waals surface area contributed by atoms with Gasteiger partial charge in [0.15, 0.2) is 0 Å². The summed E-state index contributed by atoms with van der Waals surface area (Å²) >= 11 is 5.52. The van der Waals surface area contributed by atoms with E-state index >= 15 is 0 Å². The van der Waals surface area contributed by atoms with Gasteiger partial charge in [0.25, 0.3) is 0 Å². The molecule has 2 atom stereocenters. The molecule has 0 aromatic rings. The van der Waals surface area contributed by atoms with Crippen LogP contribution in [0.3, 0.4) is 0 Å². The van der Waals surface area contributed by atoms with Crippen molar-refractivity contribution >= 4 is 17.6 Å². The van der Waals surface area contributed by atoms with Crippen LogP contribution in [0.2, 0.25) is 0 Å². The highest BCUT2D eigenvalue weighted by Gasteiger charge is 2.31. The SMILES string of the molecule is CCC1C[C@H](CCl)OC1=O. The summed E-state index contributed by atoms with van der Waals surface area (Å²) < 4.78 is 4.94. The third kappa shape index (κ3) is 1.43. The molecule has 2 nitrogen and oxygen atoms in total. The van der Waals surface area contributed by atoms with Crippen LogP contribution in [0.15, 0.2) is 0 Å². The van der Waals surface area contributed by atoms with Crippen LogP contribution < -0.4 is 0 Å². The van der Waals surface area contributed by atoms with Gasteiger partial charge in [-0.25, -0.2) is 0 Å². The standard InChI is InChI=1S/C7H11ClO2/c1-2-5-3-6(4-8)10-7(5)9/h5-6H,2-4H2,1H3/t5?,6-/m1/s1. The molecular weight excluding hydrogens is 152 g/mol. The summed E-state index contributed by atoms with van der Waals surface area (Å²) in [7, 11) is 0. The van der Waals surface area contributed by atoms with Crippen molar-refractivity contribution in [2.24, 2.45) is 5.92 Å². The highest BCUT2D eigenvalue weighted by Crippen LogP contribution is 2.24. The summed E-state index contributed by atoms with van der Waals surface area (Å²) in [5, 5.41) is 0. The second kappa shape index (κ2) is 3.24. The monoisotopic (exact) mass is 162 g/mol. The predicted octanol–water partition coefficient (Wildman–Crippen LogP) is 1.57. The smallest absolute Gasteiger partial charge is 0.309 e. The van der Waals surface area contributed by atoms with E-state index in [9.17, 15) is 4.79 Å². The van der Waals surface area contributed by atoms with E-state index in [1.165, 1.54) is 0 Å². The van der Waals surface area contributed by atoms with Crippen LogP contribution in [0.5, 0.6) is 0 Å². The molecule has 0 spiro atoms. The van der Waals surface area contributed by atoms with Crippen molar-refractivity contribution in [1.82, 2.24) is 0 Å². The summed E-state index contributed by atoms with van der Waals surface area (Å²) in [6.45, 7) is 1.99. The lowest BCUT2D eigenvalue weighted by Gasteiger charge is -2.00. The van der Waals surface area contributed by atoms with Gasteiger partial charge >= 0.3 is 5.97 Å². The van der Waals surface area contributed by atoms with Crippen molar-refractivity contribution in [3.05, 3.63) is 0 Å². The number of hydrogen-bond acceptors (Lipinski definition) is 2. The van der Waals surface area contributed by atoms with Crippen LogP contribution in [0.1, 0.15) is 19.8 Å².